The lowest BCUT2D eigenvalue weighted by molar-refractivity contribution is -0.494. The van der Waals surface area contributed by atoms with Gasteiger partial charge in [-0.25, -0.2) is 4.39 Å². The highest BCUT2D eigenvalue weighted by atomic mass is 35.5. The topological polar surface area (TPSA) is 43.1 Å². The van der Waals surface area contributed by atoms with Crippen molar-refractivity contribution in [3.8, 4) is 0 Å². The Morgan fingerprint density at radius 1 is 1.89 bits per heavy atom. The van der Waals surface area contributed by atoms with Crippen LogP contribution < -0.4 is 0 Å². The molecule has 0 N–H and O–H groups in total. The van der Waals surface area contributed by atoms with Crippen LogP contribution in [0.5, 0.6) is 0 Å². The van der Waals surface area contributed by atoms with E-state index in [-0.39, 0.29) is 5.88 Å². The normalized spacial score (nSPS) is 16.8. The Hall–Kier alpha value is -0.380. The van der Waals surface area contributed by atoms with Gasteiger partial charge in [-0.1, -0.05) is 0 Å². The van der Waals surface area contributed by atoms with Crippen LogP contribution in [0.2, 0.25) is 0 Å². The Labute approximate surface area is 57.0 Å². The summed E-state index contributed by atoms with van der Waals surface area (Å²) in [5.74, 6) is -0.339. The SMILES string of the molecule is CC(F)(CCl)C[N+](=O)[O-]. The second-order valence-electron chi connectivity index (χ2n) is 2.04. The third-order valence-electron chi connectivity index (χ3n) is 0.737. The van der Waals surface area contributed by atoms with Crippen LogP contribution in [-0.2, 0) is 0 Å². The maximum absolute atomic E-state index is 12.5. The molecule has 0 rings (SSSR count). The lowest BCUT2D eigenvalue weighted by Crippen LogP contribution is -2.30. The second-order valence-corrected chi connectivity index (χ2v) is 2.31. The minimum Gasteiger partial charge on any atom is -0.264 e. The number of rotatable bonds is 3. The van der Waals surface area contributed by atoms with Gasteiger partial charge in [0.15, 0.2) is 5.67 Å². The fourth-order valence-electron chi connectivity index (χ4n) is 0.311. The first-order valence-electron chi connectivity index (χ1n) is 2.34. The van der Waals surface area contributed by atoms with Gasteiger partial charge in [0.1, 0.15) is 0 Å². The van der Waals surface area contributed by atoms with Gasteiger partial charge in [-0.15, -0.1) is 11.6 Å². The summed E-state index contributed by atoms with van der Waals surface area (Å²) in [5, 5.41) is 9.68. The predicted molar refractivity (Wildman–Crippen MR) is 32.1 cm³/mol. The molecule has 0 bridgehead atoms. The van der Waals surface area contributed by atoms with E-state index >= 15 is 0 Å². The third-order valence-corrected chi connectivity index (χ3v) is 1.29. The molecular weight excluding hydrogens is 148 g/mol. The largest absolute Gasteiger partial charge is 0.264 e. The zero-order valence-corrected chi connectivity index (χ0v) is 5.69. The third kappa shape index (κ3) is 4.14. The molecule has 9 heavy (non-hydrogen) atoms. The second kappa shape index (κ2) is 2.96. The molecule has 5 heteroatoms. The number of hydrogen-bond donors (Lipinski definition) is 0. The molecule has 0 fully saturated rings. The molecule has 0 aromatic rings. The van der Waals surface area contributed by atoms with E-state index in [0.29, 0.717) is 0 Å². The highest BCUT2D eigenvalue weighted by Gasteiger charge is 2.28. The van der Waals surface area contributed by atoms with Crippen molar-refractivity contribution in [1.29, 1.82) is 0 Å². The highest BCUT2D eigenvalue weighted by molar-refractivity contribution is 6.18. The lowest BCUT2D eigenvalue weighted by Gasteiger charge is -2.09. The molecule has 0 saturated carbocycles. The van der Waals surface area contributed by atoms with Crippen molar-refractivity contribution in [2.75, 3.05) is 12.4 Å². The molecule has 0 aromatic heterocycles. The summed E-state index contributed by atoms with van der Waals surface area (Å²) < 4.78 is 12.5. The van der Waals surface area contributed by atoms with Crippen LogP contribution in [-0.4, -0.2) is 23.0 Å². The Bertz CT molecular complexity index is 117. The summed E-state index contributed by atoms with van der Waals surface area (Å²) in [6.45, 7) is 0.374. The molecule has 1 unspecified atom stereocenters. The Morgan fingerprint density at radius 3 is 2.44 bits per heavy atom. The van der Waals surface area contributed by atoms with Gasteiger partial charge in [0, 0.05) is 4.92 Å². The average Bonchev–Trinajstić information content (AvgIpc) is 1.63. The van der Waals surface area contributed by atoms with E-state index in [9.17, 15) is 14.5 Å². The summed E-state index contributed by atoms with van der Waals surface area (Å²) >= 11 is 5.06. The summed E-state index contributed by atoms with van der Waals surface area (Å²) in [4.78, 5) is 8.96. The molecule has 0 amide bonds. The van der Waals surface area contributed by atoms with Crippen LogP contribution in [0.3, 0.4) is 0 Å². The fraction of sp³-hybridized carbons (Fsp3) is 1.00. The van der Waals surface area contributed by atoms with Crippen LogP contribution in [0.4, 0.5) is 4.39 Å². The molecule has 0 saturated heterocycles. The number of alkyl halides is 2. The van der Waals surface area contributed by atoms with Crippen LogP contribution in [0, 0.1) is 10.1 Å². The fourth-order valence-corrected chi connectivity index (χ4v) is 0.396. The van der Waals surface area contributed by atoms with E-state index in [1.165, 1.54) is 0 Å². The van der Waals surface area contributed by atoms with Crippen LogP contribution in [0.1, 0.15) is 6.92 Å². The number of halogens is 2. The zero-order valence-electron chi connectivity index (χ0n) is 4.93. The van der Waals surface area contributed by atoms with E-state index in [1.54, 1.807) is 0 Å². The van der Waals surface area contributed by atoms with Crippen LogP contribution >= 0.6 is 11.6 Å². The molecule has 0 aliphatic rings. The molecular formula is C4H7ClFNO2. The molecule has 1 atom stereocenters. The van der Waals surface area contributed by atoms with Gasteiger partial charge in [-0.3, -0.25) is 10.1 Å². The summed E-state index contributed by atoms with van der Waals surface area (Å²) in [5.41, 5.74) is -1.87. The maximum Gasteiger partial charge on any atom is 0.238 e. The molecule has 0 aromatic carbocycles. The number of hydrogen-bond acceptors (Lipinski definition) is 2. The Morgan fingerprint density at radius 2 is 2.33 bits per heavy atom. The average molecular weight is 156 g/mol. The van der Waals surface area contributed by atoms with E-state index < -0.39 is 17.1 Å². The maximum atomic E-state index is 12.5. The van der Waals surface area contributed by atoms with Gasteiger partial charge in [-0.05, 0) is 6.92 Å². The minimum absolute atomic E-state index is 0.339. The van der Waals surface area contributed by atoms with Gasteiger partial charge in [-0.2, -0.15) is 0 Å². The zero-order chi connectivity index (χ0) is 7.49. The summed E-state index contributed by atoms with van der Waals surface area (Å²) in [6.07, 6.45) is 0. The van der Waals surface area contributed by atoms with Gasteiger partial charge in [0.2, 0.25) is 6.54 Å². The van der Waals surface area contributed by atoms with Crippen molar-refractivity contribution in [2.45, 2.75) is 12.6 Å². The smallest absolute Gasteiger partial charge is 0.238 e. The molecule has 54 valence electrons. The molecule has 0 radical (unpaired) electrons. The monoisotopic (exact) mass is 155 g/mol. The van der Waals surface area contributed by atoms with Crippen molar-refractivity contribution in [3.63, 3.8) is 0 Å². The van der Waals surface area contributed by atoms with Gasteiger partial charge >= 0.3 is 0 Å². The van der Waals surface area contributed by atoms with Gasteiger partial charge < -0.3 is 0 Å². The van der Waals surface area contributed by atoms with Crippen molar-refractivity contribution in [1.82, 2.24) is 0 Å². The van der Waals surface area contributed by atoms with E-state index in [4.69, 9.17) is 11.6 Å². The van der Waals surface area contributed by atoms with Gasteiger partial charge in [0.05, 0.1) is 5.88 Å². The Balaban J connectivity index is 3.71. The quantitative estimate of drug-likeness (QED) is 0.350. The first-order chi connectivity index (χ1) is 3.98. The standard InChI is InChI=1S/C4H7ClFNO2/c1-4(6,2-5)3-7(8)9/h2-3H2,1H3. The highest BCUT2D eigenvalue weighted by Crippen LogP contribution is 2.11. The molecule has 0 aliphatic carbocycles. The molecule has 0 heterocycles. The molecule has 3 nitrogen and oxygen atoms in total. The van der Waals surface area contributed by atoms with Crippen molar-refractivity contribution >= 4 is 11.6 Å². The van der Waals surface area contributed by atoms with Crippen molar-refractivity contribution < 1.29 is 9.31 Å². The van der Waals surface area contributed by atoms with E-state index in [2.05, 4.69) is 0 Å². The van der Waals surface area contributed by atoms with Crippen LogP contribution in [0.15, 0.2) is 0 Å². The summed E-state index contributed by atoms with van der Waals surface area (Å²) in [7, 11) is 0. The van der Waals surface area contributed by atoms with E-state index in [1.807, 2.05) is 0 Å². The number of nitro groups is 1. The van der Waals surface area contributed by atoms with Crippen LogP contribution in [0.25, 0.3) is 0 Å². The summed E-state index contributed by atoms with van der Waals surface area (Å²) in [6, 6.07) is 0. The first kappa shape index (κ1) is 8.62. The van der Waals surface area contributed by atoms with Crippen molar-refractivity contribution in [2.24, 2.45) is 0 Å². The van der Waals surface area contributed by atoms with Gasteiger partial charge in [0.25, 0.3) is 0 Å². The predicted octanol–water partition coefficient (Wildman–Crippen LogP) is 1.23. The minimum atomic E-state index is -1.87. The molecule has 0 aliphatic heterocycles. The Kier molecular flexibility index (Phi) is 2.84. The number of nitrogens with zero attached hydrogens (tertiary/aromatic N) is 1. The molecule has 0 spiro atoms. The lowest BCUT2D eigenvalue weighted by atomic mass is 10.2. The first-order valence-corrected chi connectivity index (χ1v) is 2.88. The van der Waals surface area contributed by atoms with Crippen molar-refractivity contribution in [3.05, 3.63) is 10.1 Å². The van der Waals surface area contributed by atoms with E-state index in [0.717, 1.165) is 6.92 Å².